The quantitative estimate of drug-likeness (QED) is 0.394. The van der Waals surface area contributed by atoms with Gasteiger partial charge in [-0.2, -0.15) is 0 Å². The second-order valence-corrected chi connectivity index (χ2v) is 6.85. The summed E-state index contributed by atoms with van der Waals surface area (Å²) >= 11 is 5.77. The molecule has 0 radical (unpaired) electrons. The molecule has 3 rings (SSSR count). The van der Waals surface area contributed by atoms with Crippen LogP contribution in [0.5, 0.6) is 0 Å². The zero-order valence-electron chi connectivity index (χ0n) is 15.8. The van der Waals surface area contributed by atoms with E-state index in [4.69, 9.17) is 16.3 Å². The lowest BCUT2D eigenvalue weighted by atomic mass is 10.1. The maximum atomic E-state index is 12.4. The van der Waals surface area contributed by atoms with E-state index in [1.165, 1.54) is 29.9 Å². The highest BCUT2D eigenvalue weighted by Crippen LogP contribution is 2.16. The Hall–Kier alpha value is -3.27. The molecule has 0 aromatic heterocycles. The Labute approximate surface area is 171 Å². The van der Waals surface area contributed by atoms with Gasteiger partial charge in [0.25, 0.3) is 30.0 Å². The number of carbonyl (C=O) groups is 4. The molecule has 4 amide bonds. The molecule has 2 aliphatic rings. The number of carbonyl (C=O) groups excluding carboxylic acids is 4. The maximum absolute atomic E-state index is 12.4. The number of hydrogen-bond donors (Lipinski definition) is 1. The first kappa shape index (κ1) is 20.5. The van der Waals surface area contributed by atoms with Crippen LogP contribution in [0.1, 0.15) is 10.4 Å². The van der Waals surface area contributed by atoms with E-state index in [2.05, 4.69) is 10.3 Å². The van der Waals surface area contributed by atoms with Crippen LogP contribution in [-0.4, -0.2) is 90.2 Å². The van der Waals surface area contributed by atoms with Gasteiger partial charge in [-0.25, -0.2) is 14.2 Å². The number of amides is 4. The molecule has 1 unspecified atom stereocenters. The van der Waals surface area contributed by atoms with Crippen molar-refractivity contribution in [2.45, 2.75) is 6.04 Å². The number of aliphatic imine (C=N–C) groups is 1. The Morgan fingerprint density at radius 1 is 1.21 bits per heavy atom. The van der Waals surface area contributed by atoms with Gasteiger partial charge in [-0.05, 0) is 29.3 Å². The van der Waals surface area contributed by atoms with Crippen LogP contribution in [-0.2, 0) is 14.3 Å². The van der Waals surface area contributed by atoms with E-state index in [1.54, 1.807) is 24.3 Å². The zero-order valence-corrected chi connectivity index (χ0v) is 16.5. The van der Waals surface area contributed by atoms with Gasteiger partial charge in [-0.15, -0.1) is 0 Å². The molecule has 0 saturated carbocycles. The van der Waals surface area contributed by atoms with Crippen molar-refractivity contribution in [1.29, 1.82) is 0 Å². The molecule has 11 heteroatoms. The molecular formula is C18H19ClN5O5+. The Bertz CT molecular complexity index is 927. The van der Waals surface area contributed by atoms with E-state index in [1.807, 2.05) is 0 Å². The number of imide groups is 1. The van der Waals surface area contributed by atoms with E-state index in [0.717, 1.165) is 4.90 Å². The highest BCUT2D eigenvalue weighted by molar-refractivity contribution is 6.30. The van der Waals surface area contributed by atoms with E-state index >= 15 is 0 Å². The molecule has 0 spiro atoms. The summed E-state index contributed by atoms with van der Waals surface area (Å²) < 4.78 is 6.54. The molecule has 1 atom stereocenters. The number of urea groups is 1. The minimum Gasteiger partial charge on any atom is -0.460 e. The number of ether oxygens (including phenoxy) is 1. The van der Waals surface area contributed by atoms with Gasteiger partial charge in [0.2, 0.25) is 0 Å². The van der Waals surface area contributed by atoms with Crippen molar-refractivity contribution in [3.63, 3.8) is 0 Å². The van der Waals surface area contributed by atoms with Gasteiger partial charge < -0.3 is 10.1 Å². The summed E-state index contributed by atoms with van der Waals surface area (Å²) in [4.78, 5) is 54.7. The summed E-state index contributed by atoms with van der Waals surface area (Å²) in [6.07, 6.45) is 1.36. The number of benzene rings is 1. The fourth-order valence-corrected chi connectivity index (χ4v) is 3.03. The highest BCUT2D eigenvalue weighted by atomic mass is 35.5. The first-order valence-corrected chi connectivity index (χ1v) is 9.09. The van der Waals surface area contributed by atoms with E-state index < -0.39 is 23.9 Å². The fraction of sp³-hybridized carbons (Fsp3) is 0.333. The predicted octanol–water partition coefficient (Wildman–Crippen LogP) is -0.0417. The summed E-state index contributed by atoms with van der Waals surface area (Å²) in [7, 11) is 2.90. The van der Waals surface area contributed by atoms with Crippen molar-refractivity contribution in [1.82, 2.24) is 15.1 Å². The molecule has 0 bridgehead atoms. The molecule has 2 aliphatic heterocycles. The molecule has 1 aromatic carbocycles. The Balaban J connectivity index is 1.46. The average Bonchev–Trinajstić information content (AvgIpc) is 3.12. The fourth-order valence-electron chi connectivity index (χ4n) is 2.90. The van der Waals surface area contributed by atoms with Crippen LogP contribution in [0.3, 0.4) is 0 Å². The van der Waals surface area contributed by atoms with Crippen LogP contribution in [0.2, 0.25) is 5.02 Å². The summed E-state index contributed by atoms with van der Waals surface area (Å²) in [6.45, 7) is -0.0397. The van der Waals surface area contributed by atoms with Crippen LogP contribution in [0.4, 0.5) is 4.79 Å². The monoisotopic (exact) mass is 420 g/mol. The van der Waals surface area contributed by atoms with E-state index in [0.29, 0.717) is 10.6 Å². The first-order chi connectivity index (χ1) is 13.8. The number of rotatable bonds is 6. The molecule has 1 N–H and O–H groups in total. The standard InChI is InChI=1S/C18H18ClN5O5/c1-22-15-14(16(26)23(2)18(22)28)24(10-21-15)9-13(25)20-7-8-29-17(27)11-3-5-12(19)6-4-11/h3-6,10,14H,7-9H2,1-2H3/p+1. The third-order valence-corrected chi connectivity index (χ3v) is 4.71. The third kappa shape index (κ3) is 4.27. The van der Waals surface area contributed by atoms with E-state index in [-0.39, 0.29) is 31.4 Å². The molecule has 0 aliphatic carbocycles. The second kappa shape index (κ2) is 8.39. The van der Waals surface area contributed by atoms with Crippen LogP contribution >= 0.6 is 11.6 Å². The topological polar surface area (TPSA) is 111 Å². The van der Waals surface area contributed by atoms with Crippen molar-refractivity contribution in [3.8, 4) is 0 Å². The SMILES string of the molecule is CN1C(=O)C2C(=NC=[N+]2CC(=O)NCCOC(=O)c2ccc(Cl)cc2)N(C)C1=O. The van der Waals surface area contributed by atoms with Crippen LogP contribution in [0.25, 0.3) is 0 Å². The van der Waals surface area contributed by atoms with Gasteiger partial charge in [0.05, 0.1) is 12.1 Å². The smallest absolute Gasteiger partial charge is 0.338 e. The van der Waals surface area contributed by atoms with Gasteiger partial charge in [-0.1, -0.05) is 11.6 Å². The number of esters is 1. The summed E-state index contributed by atoms with van der Waals surface area (Å²) in [5.41, 5.74) is 0.357. The average molecular weight is 421 g/mol. The summed E-state index contributed by atoms with van der Waals surface area (Å²) in [6, 6.07) is 4.95. The van der Waals surface area contributed by atoms with Gasteiger partial charge in [0.1, 0.15) is 6.61 Å². The maximum Gasteiger partial charge on any atom is 0.338 e. The Kier molecular flexibility index (Phi) is 5.92. The van der Waals surface area contributed by atoms with E-state index in [9.17, 15) is 19.2 Å². The Morgan fingerprint density at radius 2 is 1.90 bits per heavy atom. The highest BCUT2D eigenvalue weighted by Gasteiger charge is 2.50. The minimum atomic E-state index is -0.823. The largest absolute Gasteiger partial charge is 0.460 e. The number of hydrogen-bond acceptors (Lipinski definition) is 6. The normalized spacial score (nSPS) is 18.2. The lowest BCUT2D eigenvalue weighted by molar-refractivity contribution is -0.519. The number of likely N-dealkylation sites (N-methyl/N-ethyl adjacent to an activating group) is 2. The van der Waals surface area contributed by atoms with Crippen molar-refractivity contribution >= 4 is 47.6 Å². The summed E-state index contributed by atoms with van der Waals surface area (Å²) in [5, 5.41) is 3.12. The minimum absolute atomic E-state index is 0.0129. The van der Waals surface area contributed by atoms with Crippen LogP contribution in [0.15, 0.2) is 29.3 Å². The number of nitrogens with one attached hydrogen (secondary N) is 1. The predicted molar refractivity (Wildman–Crippen MR) is 103 cm³/mol. The van der Waals surface area contributed by atoms with Crippen LogP contribution in [0, 0.1) is 0 Å². The van der Waals surface area contributed by atoms with Gasteiger partial charge in [0, 0.05) is 19.1 Å². The molecule has 1 aromatic rings. The molecule has 152 valence electrons. The number of nitrogens with zero attached hydrogens (tertiary/aromatic N) is 4. The lowest BCUT2D eigenvalue weighted by Gasteiger charge is -2.30. The zero-order chi connectivity index (χ0) is 21.1. The van der Waals surface area contributed by atoms with Crippen molar-refractivity contribution in [3.05, 3.63) is 34.9 Å². The number of halogens is 1. The molecule has 2 heterocycles. The number of fused-ring (bicyclic) bond motifs is 1. The third-order valence-electron chi connectivity index (χ3n) is 4.46. The summed E-state index contributed by atoms with van der Waals surface area (Å²) in [5.74, 6) is -1.08. The van der Waals surface area contributed by atoms with Crippen molar-refractivity contribution in [2.75, 3.05) is 33.8 Å². The molecule has 1 fully saturated rings. The second-order valence-electron chi connectivity index (χ2n) is 6.41. The van der Waals surface area contributed by atoms with Crippen molar-refractivity contribution < 1.29 is 28.5 Å². The molecular weight excluding hydrogens is 402 g/mol. The first-order valence-electron chi connectivity index (χ1n) is 8.71. The van der Waals surface area contributed by atoms with Gasteiger partial charge >= 0.3 is 12.0 Å². The lowest BCUT2D eigenvalue weighted by Crippen LogP contribution is -2.62. The van der Waals surface area contributed by atoms with Gasteiger partial charge in [0.15, 0.2) is 6.54 Å². The number of amidine groups is 1. The molecule has 10 nitrogen and oxygen atoms in total. The van der Waals surface area contributed by atoms with Crippen LogP contribution < -0.4 is 5.32 Å². The van der Waals surface area contributed by atoms with Gasteiger partial charge in [-0.3, -0.25) is 19.4 Å². The van der Waals surface area contributed by atoms with Crippen molar-refractivity contribution in [2.24, 2.45) is 4.99 Å². The molecule has 29 heavy (non-hydrogen) atoms. The Morgan fingerprint density at radius 3 is 2.59 bits per heavy atom. The molecule has 1 saturated heterocycles.